The van der Waals surface area contributed by atoms with E-state index in [9.17, 15) is 4.39 Å². The number of hydrogen-bond donors (Lipinski definition) is 0. The first-order valence-electron chi connectivity index (χ1n) is 6.30. The molecule has 1 heterocycles. The monoisotopic (exact) mass is 268 g/mol. The molecule has 2 aromatic carbocycles. The van der Waals surface area contributed by atoms with Gasteiger partial charge in [-0.15, -0.1) is 5.10 Å². The Morgan fingerprint density at radius 1 is 1.10 bits per heavy atom. The van der Waals surface area contributed by atoms with Crippen molar-refractivity contribution in [1.82, 2.24) is 20.2 Å². The van der Waals surface area contributed by atoms with Gasteiger partial charge in [-0.25, -0.2) is 9.07 Å². The first-order valence-corrected chi connectivity index (χ1v) is 6.30. The van der Waals surface area contributed by atoms with Crippen molar-refractivity contribution in [3.63, 3.8) is 0 Å². The fourth-order valence-electron chi connectivity index (χ4n) is 2.14. The van der Waals surface area contributed by atoms with E-state index in [2.05, 4.69) is 15.5 Å². The van der Waals surface area contributed by atoms with Crippen molar-refractivity contribution in [3.05, 3.63) is 65.5 Å². The molecule has 0 aliphatic rings. The van der Waals surface area contributed by atoms with E-state index in [-0.39, 0.29) is 5.82 Å². The number of benzene rings is 2. The van der Waals surface area contributed by atoms with Crippen molar-refractivity contribution >= 4 is 0 Å². The van der Waals surface area contributed by atoms with Crippen LogP contribution in [0, 0.1) is 12.7 Å². The van der Waals surface area contributed by atoms with Gasteiger partial charge in [0.25, 0.3) is 0 Å². The van der Waals surface area contributed by atoms with Gasteiger partial charge in [0.1, 0.15) is 5.82 Å². The average Bonchev–Trinajstić information content (AvgIpc) is 2.87. The average molecular weight is 268 g/mol. The largest absolute Gasteiger partial charge is 0.221 e. The number of hydrogen-bond acceptors (Lipinski definition) is 3. The Morgan fingerprint density at radius 3 is 2.75 bits per heavy atom. The molecule has 0 aliphatic heterocycles. The van der Waals surface area contributed by atoms with Crippen LogP contribution in [0.25, 0.3) is 11.4 Å². The van der Waals surface area contributed by atoms with E-state index >= 15 is 0 Å². The zero-order valence-corrected chi connectivity index (χ0v) is 11.0. The molecule has 0 spiro atoms. The molecule has 20 heavy (non-hydrogen) atoms. The molecular weight excluding hydrogens is 255 g/mol. The second kappa shape index (κ2) is 5.21. The van der Waals surface area contributed by atoms with Crippen LogP contribution in [0.2, 0.25) is 0 Å². The summed E-state index contributed by atoms with van der Waals surface area (Å²) in [6.45, 7) is 2.45. The summed E-state index contributed by atoms with van der Waals surface area (Å²) < 4.78 is 14.9. The van der Waals surface area contributed by atoms with Gasteiger partial charge in [0.2, 0.25) is 0 Å². The second-order valence-corrected chi connectivity index (χ2v) is 4.60. The molecule has 0 N–H and O–H groups in total. The maximum Gasteiger partial charge on any atom is 0.182 e. The molecule has 4 nitrogen and oxygen atoms in total. The van der Waals surface area contributed by atoms with Crippen LogP contribution < -0.4 is 0 Å². The van der Waals surface area contributed by atoms with Gasteiger partial charge < -0.3 is 0 Å². The van der Waals surface area contributed by atoms with Crippen molar-refractivity contribution in [2.45, 2.75) is 13.5 Å². The molecule has 0 unspecified atom stereocenters. The minimum atomic E-state index is -0.256. The highest BCUT2D eigenvalue weighted by Gasteiger charge is 2.11. The first kappa shape index (κ1) is 12.5. The molecular formula is C15H13FN4. The normalized spacial score (nSPS) is 10.7. The number of nitrogens with zero attached hydrogens (tertiary/aromatic N) is 4. The number of aromatic nitrogens is 4. The molecule has 0 saturated carbocycles. The maximum absolute atomic E-state index is 13.2. The summed E-state index contributed by atoms with van der Waals surface area (Å²) in [5.41, 5.74) is 2.91. The van der Waals surface area contributed by atoms with E-state index in [0.29, 0.717) is 12.4 Å². The van der Waals surface area contributed by atoms with Gasteiger partial charge in [-0.1, -0.05) is 36.4 Å². The predicted molar refractivity (Wildman–Crippen MR) is 73.5 cm³/mol. The molecule has 3 aromatic rings. The van der Waals surface area contributed by atoms with Crippen LogP contribution in [-0.4, -0.2) is 20.2 Å². The van der Waals surface area contributed by atoms with Crippen molar-refractivity contribution in [2.24, 2.45) is 0 Å². The lowest BCUT2D eigenvalue weighted by molar-refractivity contribution is 0.615. The number of aryl methyl sites for hydroxylation is 1. The highest BCUT2D eigenvalue weighted by Crippen LogP contribution is 2.20. The highest BCUT2D eigenvalue weighted by molar-refractivity contribution is 5.59. The van der Waals surface area contributed by atoms with Gasteiger partial charge in [-0.3, -0.25) is 0 Å². The van der Waals surface area contributed by atoms with Crippen molar-refractivity contribution in [2.75, 3.05) is 0 Å². The Balaban J connectivity index is 1.97. The number of halogens is 1. The third-order valence-corrected chi connectivity index (χ3v) is 3.14. The van der Waals surface area contributed by atoms with Gasteiger partial charge in [0, 0.05) is 5.56 Å². The minimum Gasteiger partial charge on any atom is -0.221 e. The molecule has 0 aliphatic carbocycles. The fourth-order valence-corrected chi connectivity index (χ4v) is 2.14. The molecule has 1 aromatic heterocycles. The minimum absolute atomic E-state index is 0.256. The molecule has 0 bridgehead atoms. The second-order valence-electron chi connectivity index (χ2n) is 4.60. The van der Waals surface area contributed by atoms with Gasteiger partial charge in [-0.2, -0.15) is 0 Å². The first-order chi connectivity index (χ1) is 9.74. The smallest absolute Gasteiger partial charge is 0.182 e. The summed E-state index contributed by atoms with van der Waals surface area (Å²) in [4.78, 5) is 0. The van der Waals surface area contributed by atoms with E-state index in [1.54, 1.807) is 10.7 Å². The van der Waals surface area contributed by atoms with Crippen molar-refractivity contribution in [3.8, 4) is 11.4 Å². The van der Waals surface area contributed by atoms with Crippen LogP contribution in [0.4, 0.5) is 4.39 Å². The van der Waals surface area contributed by atoms with Crippen LogP contribution in [0.5, 0.6) is 0 Å². The lowest BCUT2D eigenvalue weighted by Gasteiger charge is -2.07. The van der Waals surface area contributed by atoms with Gasteiger partial charge in [0.15, 0.2) is 5.82 Å². The van der Waals surface area contributed by atoms with Crippen LogP contribution in [0.1, 0.15) is 11.1 Å². The zero-order chi connectivity index (χ0) is 13.9. The quantitative estimate of drug-likeness (QED) is 0.733. The summed E-state index contributed by atoms with van der Waals surface area (Å²) in [6, 6.07) is 14.4. The third-order valence-electron chi connectivity index (χ3n) is 3.14. The Bertz CT molecular complexity index is 736. The van der Waals surface area contributed by atoms with E-state index in [1.165, 1.54) is 12.1 Å². The molecule has 0 saturated heterocycles. The van der Waals surface area contributed by atoms with Gasteiger partial charge in [-0.05, 0) is 40.6 Å². The summed E-state index contributed by atoms with van der Waals surface area (Å²) in [5, 5.41) is 11.8. The summed E-state index contributed by atoms with van der Waals surface area (Å²) in [7, 11) is 0. The Labute approximate surface area is 115 Å². The summed E-state index contributed by atoms with van der Waals surface area (Å²) >= 11 is 0. The van der Waals surface area contributed by atoms with Crippen molar-refractivity contribution in [1.29, 1.82) is 0 Å². The molecule has 0 atom stereocenters. The molecule has 0 fully saturated rings. The summed E-state index contributed by atoms with van der Waals surface area (Å²) in [6.07, 6.45) is 0. The predicted octanol–water partition coefficient (Wildman–Crippen LogP) is 2.84. The Kier molecular flexibility index (Phi) is 3.25. The number of rotatable bonds is 3. The maximum atomic E-state index is 13.2. The Hall–Kier alpha value is -2.56. The topological polar surface area (TPSA) is 43.6 Å². The zero-order valence-electron chi connectivity index (χ0n) is 11.0. The SMILES string of the molecule is Cc1ccccc1-c1nnnn1Cc1cccc(F)c1. The van der Waals surface area contributed by atoms with Crippen LogP contribution in [-0.2, 0) is 6.54 Å². The molecule has 100 valence electrons. The lowest BCUT2D eigenvalue weighted by atomic mass is 10.1. The molecule has 0 radical (unpaired) electrons. The van der Waals surface area contributed by atoms with Crippen molar-refractivity contribution < 1.29 is 4.39 Å². The van der Waals surface area contributed by atoms with Crippen LogP contribution >= 0.6 is 0 Å². The van der Waals surface area contributed by atoms with Crippen LogP contribution in [0.3, 0.4) is 0 Å². The summed E-state index contributed by atoms with van der Waals surface area (Å²) in [5.74, 6) is 0.431. The molecule has 0 amide bonds. The molecule has 5 heteroatoms. The fraction of sp³-hybridized carbons (Fsp3) is 0.133. The third kappa shape index (κ3) is 2.42. The van der Waals surface area contributed by atoms with Gasteiger partial charge >= 0.3 is 0 Å². The Morgan fingerprint density at radius 2 is 1.95 bits per heavy atom. The highest BCUT2D eigenvalue weighted by atomic mass is 19.1. The van der Waals surface area contributed by atoms with E-state index in [1.807, 2.05) is 37.3 Å². The van der Waals surface area contributed by atoms with Crippen LogP contribution in [0.15, 0.2) is 48.5 Å². The lowest BCUT2D eigenvalue weighted by Crippen LogP contribution is -2.05. The van der Waals surface area contributed by atoms with E-state index in [0.717, 1.165) is 16.7 Å². The number of tetrazole rings is 1. The van der Waals surface area contributed by atoms with E-state index in [4.69, 9.17) is 0 Å². The van der Waals surface area contributed by atoms with E-state index < -0.39 is 0 Å². The molecule has 3 rings (SSSR count). The standard InChI is InChI=1S/C15H13FN4/c1-11-5-2-3-8-14(11)15-17-18-19-20(15)10-12-6-4-7-13(16)9-12/h2-9H,10H2,1H3. The van der Waals surface area contributed by atoms with Gasteiger partial charge in [0.05, 0.1) is 6.54 Å².